The number of aromatic nitrogens is 3. The van der Waals surface area contributed by atoms with E-state index < -0.39 is 0 Å². The average Bonchev–Trinajstić information content (AvgIpc) is 2.98. The Morgan fingerprint density at radius 2 is 2.09 bits per heavy atom. The minimum Gasteiger partial charge on any atom is -0.480 e. The van der Waals surface area contributed by atoms with E-state index in [1.807, 2.05) is 38.2 Å². The van der Waals surface area contributed by atoms with E-state index in [0.29, 0.717) is 23.7 Å². The fourth-order valence-corrected chi connectivity index (χ4v) is 2.77. The normalized spacial score (nSPS) is 12.5. The van der Waals surface area contributed by atoms with Crippen LogP contribution in [0.2, 0.25) is 0 Å². The Morgan fingerprint density at radius 1 is 1.30 bits per heavy atom. The number of aromatic amines is 2. The van der Waals surface area contributed by atoms with Crippen LogP contribution in [0.5, 0.6) is 5.88 Å². The van der Waals surface area contributed by atoms with Gasteiger partial charge in [-0.1, -0.05) is 32.0 Å². The highest BCUT2D eigenvalue weighted by Crippen LogP contribution is 2.24. The maximum absolute atomic E-state index is 12.3. The Labute approximate surface area is 134 Å². The molecule has 1 atom stereocenters. The van der Waals surface area contributed by atoms with Crippen LogP contribution in [0.1, 0.15) is 43.1 Å². The molecule has 0 unspecified atom stereocenters. The van der Waals surface area contributed by atoms with Crippen molar-refractivity contribution in [1.82, 2.24) is 15.0 Å². The minimum absolute atomic E-state index is 0.106. The van der Waals surface area contributed by atoms with E-state index in [0.717, 1.165) is 22.9 Å². The van der Waals surface area contributed by atoms with Crippen LogP contribution in [-0.4, -0.2) is 22.1 Å². The SMILES string of the molecule is CC[C@H](C)c1nc(OC)c(Cc2c[nH]c3ccccc23)[nH]c1=O. The molecule has 3 rings (SSSR count). The Hall–Kier alpha value is -2.56. The van der Waals surface area contributed by atoms with Gasteiger partial charge >= 0.3 is 0 Å². The van der Waals surface area contributed by atoms with Gasteiger partial charge in [0.2, 0.25) is 5.88 Å². The number of ether oxygens (including phenoxy) is 1. The summed E-state index contributed by atoms with van der Waals surface area (Å²) >= 11 is 0. The van der Waals surface area contributed by atoms with Crippen LogP contribution < -0.4 is 10.3 Å². The molecule has 3 aromatic rings. The molecule has 120 valence electrons. The van der Waals surface area contributed by atoms with Gasteiger partial charge in [-0.2, -0.15) is 0 Å². The van der Waals surface area contributed by atoms with Gasteiger partial charge in [0, 0.05) is 29.4 Å². The maximum atomic E-state index is 12.3. The smallest absolute Gasteiger partial charge is 0.270 e. The highest BCUT2D eigenvalue weighted by Gasteiger charge is 2.16. The molecule has 0 aliphatic heterocycles. The van der Waals surface area contributed by atoms with Crippen molar-refractivity contribution in [3.63, 3.8) is 0 Å². The second-order valence-corrected chi connectivity index (χ2v) is 5.78. The third-order valence-electron chi connectivity index (χ3n) is 4.29. The molecule has 23 heavy (non-hydrogen) atoms. The Kier molecular flexibility index (Phi) is 4.19. The molecule has 0 aliphatic carbocycles. The zero-order chi connectivity index (χ0) is 16.4. The van der Waals surface area contributed by atoms with Gasteiger partial charge in [0.1, 0.15) is 5.69 Å². The quantitative estimate of drug-likeness (QED) is 0.759. The van der Waals surface area contributed by atoms with E-state index in [-0.39, 0.29) is 11.5 Å². The summed E-state index contributed by atoms with van der Waals surface area (Å²) in [4.78, 5) is 23.0. The Bertz CT molecular complexity index is 879. The molecule has 1 aromatic carbocycles. The number of methoxy groups -OCH3 is 1. The second kappa shape index (κ2) is 6.28. The first-order chi connectivity index (χ1) is 11.1. The van der Waals surface area contributed by atoms with Crippen molar-refractivity contribution in [3.8, 4) is 5.88 Å². The number of rotatable bonds is 5. The third-order valence-corrected chi connectivity index (χ3v) is 4.29. The summed E-state index contributed by atoms with van der Waals surface area (Å²) in [6.07, 6.45) is 3.39. The van der Waals surface area contributed by atoms with E-state index in [1.165, 1.54) is 0 Å². The standard InChI is InChI=1S/C18H21N3O2/c1-4-11(2)16-17(22)20-15(18(21-16)23-3)9-12-10-19-14-8-6-5-7-13(12)14/h5-8,10-11,19H,4,9H2,1-3H3,(H,20,22)/t11-/m0/s1. The number of nitrogens with one attached hydrogen (secondary N) is 2. The Morgan fingerprint density at radius 3 is 2.83 bits per heavy atom. The molecule has 0 fully saturated rings. The van der Waals surface area contributed by atoms with E-state index in [4.69, 9.17) is 4.74 Å². The van der Waals surface area contributed by atoms with Crippen LogP contribution in [0.4, 0.5) is 0 Å². The van der Waals surface area contributed by atoms with Gasteiger partial charge in [-0.25, -0.2) is 4.98 Å². The fraction of sp³-hybridized carbons (Fsp3) is 0.333. The van der Waals surface area contributed by atoms with Gasteiger partial charge in [0.15, 0.2) is 0 Å². The number of H-pyrrole nitrogens is 2. The molecule has 0 saturated heterocycles. The number of benzene rings is 1. The molecule has 0 radical (unpaired) electrons. The molecule has 2 N–H and O–H groups in total. The van der Waals surface area contributed by atoms with Crippen molar-refractivity contribution in [1.29, 1.82) is 0 Å². The molecule has 5 nitrogen and oxygen atoms in total. The average molecular weight is 311 g/mol. The van der Waals surface area contributed by atoms with E-state index in [1.54, 1.807) is 7.11 Å². The highest BCUT2D eigenvalue weighted by atomic mass is 16.5. The van der Waals surface area contributed by atoms with Crippen LogP contribution in [0.25, 0.3) is 10.9 Å². The van der Waals surface area contributed by atoms with Crippen molar-refractivity contribution in [3.05, 3.63) is 57.8 Å². The summed E-state index contributed by atoms with van der Waals surface area (Å²) < 4.78 is 5.41. The summed E-state index contributed by atoms with van der Waals surface area (Å²) in [7, 11) is 1.58. The molecule has 2 aromatic heterocycles. The molecule has 0 saturated carbocycles. The van der Waals surface area contributed by atoms with Gasteiger partial charge < -0.3 is 14.7 Å². The largest absolute Gasteiger partial charge is 0.480 e. The van der Waals surface area contributed by atoms with E-state index in [2.05, 4.69) is 21.0 Å². The lowest BCUT2D eigenvalue weighted by molar-refractivity contribution is 0.386. The van der Waals surface area contributed by atoms with Gasteiger partial charge in [-0.05, 0) is 18.1 Å². The topological polar surface area (TPSA) is 70.8 Å². The number of hydrogen-bond acceptors (Lipinski definition) is 3. The monoisotopic (exact) mass is 311 g/mol. The summed E-state index contributed by atoms with van der Waals surface area (Å²) in [6, 6.07) is 8.09. The lowest BCUT2D eigenvalue weighted by Crippen LogP contribution is -2.20. The van der Waals surface area contributed by atoms with Crippen LogP contribution in [0.3, 0.4) is 0 Å². The fourth-order valence-electron chi connectivity index (χ4n) is 2.77. The molecule has 0 spiro atoms. The predicted octanol–water partition coefficient (Wildman–Crippen LogP) is 3.36. The molecule has 5 heteroatoms. The van der Waals surface area contributed by atoms with E-state index >= 15 is 0 Å². The van der Waals surface area contributed by atoms with Crippen LogP contribution in [0, 0.1) is 0 Å². The zero-order valence-electron chi connectivity index (χ0n) is 13.6. The summed E-state index contributed by atoms with van der Waals surface area (Å²) in [5.41, 5.74) is 3.29. The van der Waals surface area contributed by atoms with Crippen LogP contribution >= 0.6 is 0 Å². The van der Waals surface area contributed by atoms with Crippen LogP contribution in [-0.2, 0) is 6.42 Å². The van der Waals surface area contributed by atoms with Gasteiger partial charge in [0.25, 0.3) is 5.56 Å². The molecule has 0 aliphatic rings. The van der Waals surface area contributed by atoms with Crippen LogP contribution in [0.15, 0.2) is 35.3 Å². The van der Waals surface area contributed by atoms with Crippen molar-refractivity contribution < 1.29 is 4.74 Å². The lowest BCUT2D eigenvalue weighted by Gasteiger charge is -2.12. The van der Waals surface area contributed by atoms with Crippen molar-refractivity contribution in [2.45, 2.75) is 32.6 Å². The third kappa shape index (κ3) is 2.86. The summed E-state index contributed by atoms with van der Waals surface area (Å²) in [6.45, 7) is 4.04. The number of nitrogens with zero attached hydrogens (tertiary/aromatic N) is 1. The zero-order valence-corrected chi connectivity index (χ0v) is 13.6. The molecule has 0 bridgehead atoms. The van der Waals surface area contributed by atoms with Gasteiger partial charge in [-0.15, -0.1) is 0 Å². The first-order valence-electron chi connectivity index (χ1n) is 7.86. The molecule has 2 heterocycles. The number of fused-ring (bicyclic) bond motifs is 1. The van der Waals surface area contributed by atoms with Crippen molar-refractivity contribution in [2.24, 2.45) is 0 Å². The number of hydrogen-bond donors (Lipinski definition) is 2. The van der Waals surface area contributed by atoms with Crippen molar-refractivity contribution in [2.75, 3.05) is 7.11 Å². The number of para-hydroxylation sites is 1. The minimum atomic E-state index is -0.130. The lowest BCUT2D eigenvalue weighted by atomic mass is 10.0. The molecular formula is C18H21N3O2. The second-order valence-electron chi connectivity index (χ2n) is 5.78. The maximum Gasteiger partial charge on any atom is 0.270 e. The van der Waals surface area contributed by atoms with Gasteiger partial charge in [-0.3, -0.25) is 4.79 Å². The first kappa shape index (κ1) is 15.3. The highest BCUT2D eigenvalue weighted by molar-refractivity contribution is 5.83. The van der Waals surface area contributed by atoms with E-state index in [9.17, 15) is 4.79 Å². The van der Waals surface area contributed by atoms with Crippen molar-refractivity contribution >= 4 is 10.9 Å². The Balaban J connectivity index is 2.03. The predicted molar refractivity (Wildman–Crippen MR) is 91.2 cm³/mol. The first-order valence-corrected chi connectivity index (χ1v) is 7.86. The van der Waals surface area contributed by atoms with Gasteiger partial charge in [0.05, 0.1) is 12.8 Å². The summed E-state index contributed by atoms with van der Waals surface area (Å²) in [5.74, 6) is 0.597. The summed E-state index contributed by atoms with van der Waals surface area (Å²) in [5, 5.41) is 1.14. The molecular weight excluding hydrogens is 290 g/mol. The molecule has 0 amide bonds.